The van der Waals surface area contributed by atoms with Crippen LogP contribution in [0.25, 0.3) is 0 Å². The Morgan fingerprint density at radius 2 is 1.91 bits per heavy atom. The lowest BCUT2D eigenvalue weighted by molar-refractivity contribution is 0.0693. The number of benzene rings is 1. The van der Waals surface area contributed by atoms with E-state index in [0.29, 0.717) is 5.92 Å². The number of likely N-dealkylation sites (tertiary alicyclic amines) is 1. The molecule has 2 N–H and O–H groups in total. The lowest BCUT2D eigenvalue weighted by Gasteiger charge is -2.31. The van der Waals surface area contributed by atoms with Crippen LogP contribution in [-0.4, -0.2) is 49.4 Å². The van der Waals surface area contributed by atoms with Crippen molar-refractivity contribution in [1.82, 2.24) is 9.80 Å². The molecular formula is C16H27Cl2N3O. The van der Waals surface area contributed by atoms with Crippen molar-refractivity contribution in [2.45, 2.75) is 19.4 Å². The van der Waals surface area contributed by atoms with Crippen molar-refractivity contribution in [3.8, 4) is 0 Å². The third-order valence-corrected chi connectivity index (χ3v) is 3.91. The largest absolute Gasteiger partial charge is 0.339 e. The Balaban J connectivity index is 0.00000220. The minimum atomic E-state index is 0. The fourth-order valence-electron chi connectivity index (χ4n) is 2.72. The zero-order chi connectivity index (χ0) is 14.5. The minimum absolute atomic E-state index is 0. The molecule has 0 bridgehead atoms. The molecule has 1 aliphatic rings. The average molecular weight is 348 g/mol. The van der Waals surface area contributed by atoms with E-state index in [4.69, 9.17) is 5.73 Å². The fourth-order valence-corrected chi connectivity index (χ4v) is 2.72. The highest BCUT2D eigenvalue weighted by molar-refractivity contribution is 5.94. The molecule has 1 heterocycles. The van der Waals surface area contributed by atoms with Crippen molar-refractivity contribution in [3.05, 3.63) is 35.4 Å². The molecule has 0 unspecified atom stereocenters. The molecular weight excluding hydrogens is 321 g/mol. The Labute approximate surface area is 145 Å². The molecule has 0 saturated carbocycles. The molecule has 126 valence electrons. The molecule has 22 heavy (non-hydrogen) atoms. The van der Waals surface area contributed by atoms with Gasteiger partial charge < -0.3 is 15.5 Å². The van der Waals surface area contributed by atoms with Gasteiger partial charge in [-0.25, -0.2) is 0 Å². The van der Waals surface area contributed by atoms with E-state index in [0.717, 1.165) is 44.6 Å². The van der Waals surface area contributed by atoms with Crippen LogP contribution in [0.4, 0.5) is 0 Å². The quantitative estimate of drug-likeness (QED) is 0.909. The molecule has 0 atom stereocenters. The second-order valence-electron chi connectivity index (χ2n) is 5.91. The van der Waals surface area contributed by atoms with Gasteiger partial charge in [0.05, 0.1) is 0 Å². The van der Waals surface area contributed by atoms with Crippen molar-refractivity contribution in [2.24, 2.45) is 11.7 Å². The summed E-state index contributed by atoms with van der Waals surface area (Å²) in [7, 11) is 4.07. The van der Waals surface area contributed by atoms with E-state index in [1.807, 2.05) is 37.2 Å². The lowest BCUT2D eigenvalue weighted by Crippen LogP contribution is -2.40. The lowest BCUT2D eigenvalue weighted by atomic mass is 9.96. The van der Waals surface area contributed by atoms with E-state index in [2.05, 4.69) is 11.0 Å². The highest BCUT2D eigenvalue weighted by Crippen LogP contribution is 2.18. The first kappa shape index (κ1) is 21.2. The monoisotopic (exact) mass is 347 g/mol. The van der Waals surface area contributed by atoms with Gasteiger partial charge >= 0.3 is 0 Å². The SMILES string of the molecule is CN(C)Cc1cccc(C(=O)N2CCC(CN)CC2)c1.Cl.Cl. The van der Waals surface area contributed by atoms with E-state index in [-0.39, 0.29) is 30.7 Å². The number of carbonyl (C=O) groups is 1. The predicted molar refractivity (Wildman–Crippen MR) is 96.0 cm³/mol. The highest BCUT2D eigenvalue weighted by atomic mass is 35.5. The van der Waals surface area contributed by atoms with Crippen molar-refractivity contribution in [3.63, 3.8) is 0 Å². The number of hydrogen-bond donors (Lipinski definition) is 1. The molecule has 1 amide bonds. The molecule has 1 aliphatic heterocycles. The minimum Gasteiger partial charge on any atom is -0.339 e. The first-order valence-corrected chi connectivity index (χ1v) is 7.33. The summed E-state index contributed by atoms with van der Waals surface area (Å²) in [6.45, 7) is 3.26. The molecule has 0 spiro atoms. The van der Waals surface area contributed by atoms with Gasteiger partial charge in [0.1, 0.15) is 0 Å². The molecule has 1 aromatic rings. The van der Waals surface area contributed by atoms with Crippen LogP contribution in [0, 0.1) is 5.92 Å². The maximum Gasteiger partial charge on any atom is 0.253 e. The fraction of sp³-hybridized carbons (Fsp3) is 0.562. The first-order chi connectivity index (χ1) is 9.60. The Kier molecular flexibility index (Phi) is 9.69. The van der Waals surface area contributed by atoms with Crippen LogP contribution < -0.4 is 5.73 Å². The van der Waals surface area contributed by atoms with Gasteiger partial charge in [-0.05, 0) is 57.1 Å². The predicted octanol–water partition coefficient (Wildman–Crippen LogP) is 2.40. The first-order valence-electron chi connectivity index (χ1n) is 7.33. The Hall–Kier alpha value is -0.810. The van der Waals surface area contributed by atoms with Crippen LogP contribution in [-0.2, 0) is 6.54 Å². The maximum absolute atomic E-state index is 12.5. The third-order valence-electron chi connectivity index (χ3n) is 3.91. The molecule has 1 fully saturated rings. The van der Waals surface area contributed by atoms with Gasteiger partial charge in [-0.3, -0.25) is 4.79 Å². The number of nitrogens with two attached hydrogens (primary N) is 1. The Morgan fingerprint density at radius 1 is 1.27 bits per heavy atom. The zero-order valence-corrected chi connectivity index (χ0v) is 15.0. The van der Waals surface area contributed by atoms with Crippen LogP contribution >= 0.6 is 24.8 Å². The second-order valence-corrected chi connectivity index (χ2v) is 5.91. The molecule has 0 aromatic heterocycles. The van der Waals surface area contributed by atoms with Gasteiger partial charge in [0.2, 0.25) is 0 Å². The summed E-state index contributed by atoms with van der Waals surface area (Å²) in [6, 6.07) is 7.96. The normalized spacial score (nSPS) is 15.2. The van der Waals surface area contributed by atoms with Crippen LogP contribution in [0.3, 0.4) is 0 Å². The topological polar surface area (TPSA) is 49.6 Å². The molecule has 4 nitrogen and oxygen atoms in total. The van der Waals surface area contributed by atoms with Crippen molar-refractivity contribution in [1.29, 1.82) is 0 Å². The molecule has 1 saturated heterocycles. The van der Waals surface area contributed by atoms with Gasteiger partial charge in [0.15, 0.2) is 0 Å². The number of carbonyl (C=O) groups excluding carboxylic acids is 1. The second kappa shape index (κ2) is 10.1. The van der Waals surface area contributed by atoms with E-state index < -0.39 is 0 Å². The Morgan fingerprint density at radius 3 is 2.45 bits per heavy atom. The van der Waals surface area contributed by atoms with Crippen LogP contribution in [0.5, 0.6) is 0 Å². The number of nitrogens with zero attached hydrogens (tertiary/aromatic N) is 2. The van der Waals surface area contributed by atoms with Gasteiger partial charge in [-0.2, -0.15) is 0 Å². The van der Waals surface area contributed by atoms with Gasteiger partial charge in [0.25, 0.3) is 5.91 Å². The summed E-state index contributed by atoms with van der Waals surface area (Å²) in [6.07, 6.45) is 2.05. The van der Waals surface area contributed by atoms with Crippen molar-refractivity contribution < 1.29 is 4.79 Å². The number of rotatable bonds is 4. The highest BCUT2D eigenvalue weighted by Gasteiger charge is 2.22. The van der Waals surface area contributed by atoms with Crippen LogP contribution in [0.1, 0.15) is 28.8 Å². The average Bonchev–Trinajstić information content (AvgIpc) is 2.46. The summed E-state index contributed by atoms with van der Waals surface area (Å²) in [5.74, 6) is 0.736. The molecule has 0 radical (unpaired) electrons. The Bertz CT molecular complexity index is 460. The smallest absolute Gasteiger partial charge is 0.253 e. The molecule has 1 aromatic carbocycles. The zero-order valence-electron chi connectivity index (χ0n) is 13.3. The van der Waals surface area contributed by atoms with E-state index in [1.165, 1.54) is 5.56 Å². The number of halogens is 2. The number of amides is 1. The summed E-state index contributed by atoms with van der Waals surface area (Å²) in [5, 5.41) is 0. The summed E-state index contributed by atoms with van der Waals surface area (Å²) < 4.78 is 0. The number of hydrogen-bond acceptors (Lipinski definition) is 3. The van der Waals surface area contributed by atoms with Gasteiger partial charge in [-0.15, -0.1) is 24.8 Å². The van der Waals surface area contributed by atoms with Gasteiger partial charge in [0, 0.05) is 25.2 Å². The molecule has 6 heteroatoms. The van der Waals surface area contributed by atoms with E-state index in [9.17, 15) is 4.79 Å². The van der Waals surface area contributed by atoms with Crippen LogP contribution in [0.15, 0.2) is 24.3 Å². The van der Waals surface area contributed by atoms with Crippen LogP contribution in [0.2, 0.25) is 0 Å². The third kappa shape index (κ3) is 5.76. The summed E-state index contributed by atoms with van der Waals surface area (Å²) >= 11 is 0. The van der Waals surface area contributed by atoms with E-state index >= 15 is 0 Å². The van der Waals surface area contributed by atoms with E-state index in [1.54, 1.807) is 0 Å². The standard InChI is InChI=1S/C16H25N3O.2ClH/c1-18(2)12-14-4-3-5-15(10-14)16(20)19-8-6-13(11-17)7-9-19;;/h3-5,10,13H,6-9,11-12,17H2,1-2H3;2*1H. The molecule has 2 rings (SSSR count). The van der Waals surface area contributed by atoms with Crippen molar-refractivity contribution >= 4 is 30.7 Å². The number of piperidine rings is 1. The molecule has 0 aliphatic carbocycles. The van der Waals surface area contributed by atoms with Crippen molar-refractivity contribution in [2.75, 3.05) is 33.7 Å². The summed E-state index contributed by atoms with van der Waals surface area (Å²) in [5.41, 5.74) is 7.67. The maximum atomic E-state index is 12.5. The van der Waals surface area contributed by atoms with Gasteiger partial charge in [-0.1, -0.05) is 12.1 Å². The summed E-state index contributed by atoms with van der Waals surface area (Å²) in [4.78, 5) is 16.6.